The Hall–Kier alpha value is -1.85. The Labute approximate surface area is 121 Å². The summed E-state index contributed by atoms with van der Waals surface area (Å²) in [5, 5.41) is 0. The molecule has 112 valence electrons. The molecule has 0 aliphatic carbocycles. The number of benzene rings is 2. The molecule has 3 N–H and O–H groups in total. The van der Waals surface area contributed by atoms with E-state index in [0.717, 1.165) is 11.6 Å². The molecule has 0 bridgehead atoms. The number of hydrazine groups is 1. The summed E-state index contributed by atoms with van der Waals surface area (Å²) in [7, 11) is 0. The van der Waals surface area contributed by atoms with Crippen molar-refractivity contribution >= 4 is 0 Å². The van der Waals surface area contributed by atoms with Gasteiger partial charge in [-0.3, -0.25) is 11.3 Å². The Morgan fingerprint density at radius 2 is 1.52 bits per heavy atom. The Bertz CT molecular complexity index is 567. The molecule has 0 radical (unpaired) electrons. The van der Waals surface area contributed by atoms with E-state index in [4.69, 9.17) is 5.84 Å². The van der Waals surface area contributed by atoms with Gasteiger partial charge in [0.1, 0.15) is 0 Å². The Morgan fingerprint density at radius 1 is 0.905 bits per heavy atom. The lowest BCUT2D eigenvalue weighted by atomic mass is 9.98. The summed E-state index contributed by atoms with van der Waals surface area (Å²) in [5.74, 6) is 5.52. The predicted octanol–water partition coefficient (Wildman–Crippen LogP) is 3.32. The van der Waals surface area contributed by atoms with Crippen LogP contribution in [0.2, 0.25) is 0 Å². The van der Waals surface area contributed by atoms with E-state index < -0.39 is 11.7 Å². The van der Waals surface area contributed by atoms with Gasteiger partial charge in [-0.1, -0.05) is 48.5 Å². The van der Waals surface area contributed by atoms with Crippen LogP contribution in [-0.2, 0) is 19.0 Å². The van der Waals surface area contributed by atoms with Gasteiger partial charge < -0.3 is 0 Å². The van der Waals surface area contributed by atoms with Gasteiger partial charge >= 0.3 is 6.18 Å². The lowest BCUT2D eigenvalue weighted by molar-refractivity contribution is -0.137. The number of hydrogen-bond donors (Lipinski definition) is 2. The summed E-state index contributed by atoms with van der Waals surface area (Å²) >= 11 is 0. The van der Waals surface area contributed by atoms with Crippen LogP contribution in [0.3, 0.4) is 0 Å². The third-order valence-corrected chi connectivity index (χ3v) is 3.30. The van der Waals surface area contributed by atoms with Crippen LogP contribution in [-0.4, -0.2) is 6.04 Å². The van der Waals surface area contributed by atoms with Gasteiger partial charge in [0.2, 0.25) is 0 Å². The number of hydrogen-bond acceptors (Lipinski definition) is 2. The quantitative estimate of drug-likeness (QED) is 0.656. The molecule has 1 unspecified atom stereocenters. The van der Waals surface area contributed by atoms with Crippen LogP contribution < -0.4 is 11.3 Å². The average Bonchev–Trinajstić information content (AvgIpc) is 2.47. The van der Waals surface area contributed by atoms with E-state index in [2.05, 4.69) is 5.43 Å². The van der Waals surface area contributed by atoms with Crippen LogP contribution in [0.4, 0.5) is 13.2 Å². The third kappa shape index (κ3) is 4.58. The highest BCUT2D eigenvalue weighted by Crippen LogP contribution is 2.29. The van der Waals surface area contributed by atoms with Crippen molar-refractivity contribution in [3.05, 3.63) is 71.3 Å². The fraction of sp³-hybridized carbons (Fsp3) is 0.250. The fourth-order valence-corrected chi connectivity index (χ4v) is 2.25. The van der Waals surface area contributed by atoms with Gasteiger partial charge in [-0.05, 0) is 30.0 Å². The van der Waals surface area contributed by atoms with Crippen LogP contribution in [0.5, 0.6) is 0 Å². The summed E-state index contributed by atoms with van der Waals surface area (Å²) < 4.78 is 38.1. The van der Waals surface area contributed by atoms with E-state index in [1.54, 1.807) is 6.07 Å². The predicted molar refractivity (Wildman–Crippen MR) is 76.4 cm³/mol. The lowest BCUT2D eigenvalue weighted by Gasteiger charge is -2.17. The fourth-order valence-electron chi connectivity index (χ4n) is 2.25. The molecule has 0 saturated carbocycles. The van der Waals surface area contributed by atoms with Crippen molar-refractivity contribution < 1.29 is 13.2 Å². The number of rotatable bonds is 5. The maximum Gasteiger partial charge on any atom is 0.416 e. The molecule has 5 heteroatoms. The standard InChI is InChI=1S/C16H17F3N2/c17-16(18,19)14-8-4-7-13(9-14)11-15(21-20)10-12-5-2-1-3-6-12/h1-9,15,21H,10-11,20H2. The summed E-state index contributed by atoms with van der Waals surface area (Å²) in [5.41, 5.74) is 3.75. The zero-order chi connectivity index (χ0) is 15.3. The molecular weight excluding hydrogens is 277 g/mol. The van der Waals surface area contributed by atoms with Crippen LogP contribution in [0, 0.1) is 0 Å². The summed E-state index contributed by atoms with van der Waals surface area (Å²) in [6, 6.07) is 14.9. The van der Waals surface area contributed by atoms with Crippen LogP contribution >= 0.6 is 0 Å². The molecule has 2 nitrogen and oxygen atoms in total. The molecular formula is C16H17F3N2. The normalized spacial score (nSPS) is 13.1. The molecule has 0 amide bonds. The summed E-state index contributed by atoms with van der Waals surface area (Å²) in [6.45, 7) is 0. The van der Waals surface area contributed by atoms with E-state index in [-0.39, 0.29) is 6.04 Å². The largest absolute Gasteiger partial charge is 0.416 e. The molecule has 2 aromatic carbocycles. The number of halogens is 3. The van der Waals surface area contributed by atoms with E-state index >= 15 is 0 Å². The zero-order valence-electron chi connectivity index (χ0n) is 11.4. The van der Waals surface area contributed by atoms with E-state index in [1.807, 2.05) is 30.3 Å². The van der Waals surface area contributed by atoms with Crippen LogP contribution in [0.15, 0.2) is 54.6 Å². The minimum absolute atomic E-state index is 0.115. The van der Waals surface area contributed by atoms with Crippen molar-refractivity contribution in [3.8, 4) is 0 Å². The topological polar surface area (TPSA) is 38.0 Å². The second kappa shape index (κ2) is 6.74. The van der Waals surface area contributed by atoms with Gasteiger partial charge in [-0.15, -0.1) is 0 Å². The Balaban J connectivity index is 2.08. The molecule has 0 saturated heterocycles. The SMILES string of the molecule is NNC(Cc1ccccc1)Cc1cccc(C(F)(F)F)c1. The van der Waals surface area contributed by atoms with Crippen molar-refractivity contribution in [3.63, 3.8) is 0 Å². The maximum atomic E-state index is 12.7. The monoisotopic (exact) mass is 294 g/mol. The van der Waals surface area contributed by atoms with Gasteiger partial charge in [0.15, 0.2) is 0 Å². The lowest BCUT2D eigenvalue weighted by Crippen LogP contribution is -2.38. The van der Waals surface area contributed by atoms with Gasteiger partial charge in [0, 0.05) is 6.04 Å². The smallest absolute Gasteiger partial charge is 0.271 e. The summed E-state index contributed by atoms with van der Waals surface area (Å²) in [6.07, 6.45) is -3.22. The molecule has 0 aliphatic rings. The molecule has 2 aromatic rings. The Morgan fingerprint density at radius 3 is 2.14 bits per heavy atom. The zero-order valence-corrected chi connectivity index (χ0v) is 11.4. The first-order chi connectivity index (χ1) is 9.99. The Kier molecular flexibility index (Phi) is 4.98. The van der Waals surface area contributed by atoms with Crippen molar-refractivity contribution in [1.29, 1.82) is 0 Å². The first kappa shape index (κ1) is 15.5. The van der Waals surface area contributed by atoms with Crippen LogP contribution in [0.25, 0.3) is 0 Å². The minimum atomic E-state index is -4.32. The molecule has 21 heavy (non-hydrogen) atoms. The molecule has 0 aliphatic heterocycles. The van der Waals surface area contributed by atoms with Gasteiger partial charge in [-0.2, -0.15) is 13.2 Å². The van der Waals surface area contributed by atoms with Gasteiger partial charge in [-0.25, -0.2) is 0 Å². The first-order valence-corrected chi connectivity index (χ1v) is 6.65. The van der Waals surface area contributed by atoms with E-state index in [0.29, 0.717) is 18.4 Å². The van der Waals surface area contributed by atoms with Crippen molar-refractivity contribution in [2.75, 3.05) is 0 Å². The molecule has 2 rings (SSSR count). The first-order valence-electron chi connectivity index (χ1n) is 6.65. The highest BCUT2D eigenvalue weighted by Gasteiger charge is 2.30. The summed E-state index contributed by atoms with van der Waals surface area (Å²) in [4.78, 5) is 0. The van der Waals surface area contributed by atoms with Crippen molar-refractivity contribution in [2.45, 2.75) is 25.1 Å². The highest BCUT2D eigenvalue weighted by molar-refractivity contribution is 5.27. The number of alkyl halides is 3. The van der Waals surface area contributed by atoms with Gasteiger partial charge in [0.05, 0.1) is 5.56 Å². The van der Waals surface area contributed by atoms with Crippen molar-refractivity contribution in [1.82, 2.24) is 5.43 Å². The molecule has 0 heterocycles. The maximum absolute atomic E-state index is 12.7. The number of nitrogens with one attached hydrogen (secondary N) is 1. The van der Waals surface area contributed by atoms with E-state index in [1.165, 1.54) is 12.1 Å². The highest BCUT2D eigenvalue weighted by atomic mass is 19.4. The molecule has 0 aromatic heterocycles. The average molecular weight is 294 g/mol. The van der Waals surface area contributed by atoms with Crippen LogP contribution in [0.1, 0.15) is 16.7 Å². The van der Waals surface area contributed by atoms with Crippen molar-refractivity contribution in [2.24, 2.45) is 5.84 Å². The molecule has 1 atom stereocenters. The molecule has 0 fully saturated rings. The third-order valence-electron chi connectivity index (χ3n) is 3.30. The molecule has 0 spiro atoms. The second-order valence-electron chi connectivity index (χ2n) is 4.96. The minimum Gasteiger partial charge on any atom is -0.271 e. The van der Waals surface area contributed by atoms with Gasteiger partial charge in [0.25, 0.3) is 0 Å². The number of nitrogens with two attached hydrogens (primary N) is 1. The van der Waals surface area contributed by atoms with E-state index in [9.17, 15) is 13.2 Å². The second-order valence-corrected chi connectivity index (χ2v) is 4.96.